The maximum absolute atomic E-state index is 13.5. The second-order valence-electron chi connectivity index (χ2n) is 4.10. The van der Waals surface area contributed by atoms with Crippen LogP contribution in [0.5, 0.6) is 0 Å². The SMILES string of the molecule is NC(C(=O)O)C1(c2cc(F)ccc2F)CC1. The van der Waals surface area contributed by atoms with Gasteiger partial charge in [0.25, 0.3) is 0 Å². The lowest BCUT2D eigenvalue weighted by Gasteiger charge is -2.20. The van der Waals surface area contributed by atoms with Gasteiger partial charge in [0.2, 0.25) is 0 Å². The van der Waals surface area contributed by atoms with Crippen LogP contribution >= 0.6 is 0 Å². The standard InChI is InChI=1S/C11H11F2NO2/c12-6-1-2-8(13)7(5-6)11(3-4-11)9(14)10(15)16/h1-2,5,9H,3-4,14H2,(H,15,16). The molecule has 1 fully saturated rings. The molecule has 0 bridgehead atoms. The lowest BCUT2D eigenvalue weighted by Crippen LogP contribution is -2.42. The highest BCUT2D eigenvalue weighted by Crippen LogP contribution is 2.51. The van der Waals surface area contributed by atoms with Gasteiger partial charge in [-0.25, -0.2) is 8.78 Å². The van der Waals surface area contributed by atoms with Gasteiger partial charge < -0.3 is 10.8 Å². The lowest BCUT2D eigenvalue weighted by molar-refractivity contribution is -0.139. The van der Waals surface area contributed by atoms with Gasteiger partial charge in [-0.05, 0) is 36.6 Å². The summed E-state index contributed by atoms with van der Waals surface area (Å²) >= 11 is 0. The monoisotopic (exact) mass is 227 g/mol. The minimum absolute atomic E-state index is 0.0717. The highest BCUT2D eigenvalue weighted by Gasteiger charge is 2.53. The molecule has 0 aliphatic heterocycles. The third-order valence-electron chi connectivity index (χ3n) is 3.11. The molecular weight excluding hydrogens is 216 g/mol. The van der Waals surface area contributed by atoms with E-state index in [1.165, 1.54) is 0 Å². The Hall–Kier alpha value is -1.49. The van der Waals surface area contributed by atoms with Crippen molar-refractivity contribution in [2.45, 2.75) is 24.3 Å². The number of rotatable bonds is 3. The molecule has 0 aromatic heterocycles. The van der Waals surface area contributed by atoms with Crippen molar-refractivity contribution in [3.05, 3.63) is 35.4 Å². The molecule has 1 aromatic rings. The number of halogens is 2. The average molecular weight is 227 g/mol. The Bertz CT molecular complexity index is 444. The van der Waals surface area contributed by atoms with Crippen molar-refractivity contribution in [2.75, 3.05) is 0 Å². The first-order valence-electron chi connectivity index (χ1n) is 4.91. The highest BCUT2D eigenvalue weighted by atomic mass is 19.1. The minimum Gasteiger partial charge on any atom is -0.480 e. The number of hydrogen-bond acceptors (Lipinski definition) is 2. The molecule has 2 rings (SSSR count). The molecule has 0 spiro atoms. The van der Waals surface area contributed by atoms with Crippen molar-refractivity contribution in [2.24, 2.45) is 5.73 Å². The molecule has 16 heavy (non-hydrogen) atoms. The van der Waals surface area contributed by atoms with E-state index in [0.717, 1.165) is 18.2 Å². The maximum atomic E-state index is 13.5. The number of carbonyl (C=O) groups is 1. The van der Waals surface area contributed by atoms with Crippen LogP contribution in [0.3, 0.4) is 0 Å². The molecule has 0 saturated heterocycles. The van der Waals surface area contributed by atoms with Gasteiger partial charge in [0.1, 0.15) is 17.7 Å². The average Bonchev–Trinajstić information content (AvgIpc) is 3.01. The summed E-state index contributed by atoms with van der Waals surface area (Å²) in [5, 5.41) is 8.84. The first-order chi connectivity index (χ1) is 7.47. The number of benzene rings is 1. The molecule has 1 aliphatic carbocycles. The summed E-state index contributed by atoms with van der Waals surface area (Å²) in [4.78, 5) is 10.8. The fourth-order valence-electron chi connectivity index (χ4n) is 2.00. The van der Waals surface area contributed by atoms with Crippen molar-refractivity contribution < 1.29 is 18.7 Å². The number of nitrogens with two attached hydrogens (primary N) is 1. The summed E-state index contributed by atoms with van der Waals surface area (Å²) in [6, 6.07) is 1.84. The molecule has 1 aromatic carbocycles. The van der Waals surface area contributed by atoms with Crippen LogP contribution in [0.25, 0.3) is 0 Å². The van der Waals surface area contributed by atoms with E-state index in [-0.39, 0.29) is 5.56 Å². The zero-order chi connectivity index (χ0) is 11.9. The highest BCUT2D eigenvalue weighted by molar-refractivity contribution is 5.77. The molecule has 3 nitrogen and oxygen atoms in total. The third-order valence-corrected chi connectivity index (χ3v) is 3.11. The number of carboxylic acid groups (broad SMARTS) is 1. The van der Waals surface area contributed by atoms with Gasteiger partial charge in [-0.1, -0.05) is 0 Å². The number of aliphatic carboxylic acids is 1. The Balaban J connectivity index is 2.44. The maximum Gasteiger partial charge on any atom is 0.321 e. The smallest absolute Gasteiger partial charge is 0.321 e. The van der Waals surface area contributed by atoms with Gasteiger partial charge in [-0.2, -0.15) is 0 Å². The first-order valence-corrected chi connectivity index (χ1v) is 4.91. The van der Waals surface area contributed by atoms with Gasteiger partial charge in [-0.3, -0.25) is 4.79 Å². The Morgan fingerprint density at radius 1 is 1.44 bits per heavy atom. The van der Waals surface area contributed by atoms with Crippen LogP contribution in [0.4, 0.5) is 8.78 Å². The summed E-state index contributed by atoms with van der Waals surface area (Å²) in [5.41, 5.74) is 4.66. The first kappa shape index (κ1) is 11.0. The van der Waals surface area contributed by atoms with Gasteiger partial charge in [0.05, 0.1) is 0 Å². The van der Waals surface area contributed by atoms with Crippen molar-refractivity contribution in [1.82, 2.24) is 0 Å². The van der Waals surface area contributed by atoms with Crippen LogP contribution in [0.1, 0.15) is 18.4 Å². The fraction of sp³-hybridized carbons (Fsp3) is 0.364. The van der Waals surface area contributed by atoms with E-state index in [1.807, 2.05) is 0 Å². The normalized spacial score (nSPS) is 19.2. The van der Waals surface area contributed by atoms with Crippen LogP contribution in [0.2, 0.25) is 0 Å². The second kappa shape index (κ2) is 3.52. The molecule has 0 heterocycles. The molecule has 1 saturated carbocycles. The predicted octanol–water partition coefficient (Wildman–Crippen LogP) is 1.41. The van der Waals surface area contributed by atoms with Crippen molar-refractivity contribution in [1.29, 1.82) is 0 Å². The van der Waals surface area contributed by atoms with Crippen LogP contribution in [-0.2, 0) is 10.2 Å². The lowest BCUT2D eigenvalue weighted by atomic mass is 9.88. The van der Waals surface area contributed by atoms with Crippen LogP contribution in [-0.4, -0.2) is 17.1 Å². The largest absolute Gasteiger partial charge is 0.480 e. The van der Waals surface area contributed by atoms with Crippen molar-refractivity contribution >= 4 is 5.97 Å². The molecule has 0 radical (unpaired) electrons. The van der Waals surface area contributed by atoms with Crippen molar-refractivity contribution in [3.63, 3.8) is 0 Å². The third kappa shape index (κ3) is 1.57. The summed E-state index contributed by atoms with van der Waals surface area (Å²) in [6.07, 6.45) is 0.946. The van der Waals surface area contributed by atoms with Gasteiger partial charge in [0, 0.05) is 5.41 Å². The topological polar surface area (TPSA) is 63.3 Å². The second-order valence-corrected chi connectivity index (χ2v) is 4.10. The molecule has 5 heteroatoms. The quantitative estimate of drug-likeness (QED) is 0.820. The predicted molar refractivity (Wildman–Crippen MR) is 52.9 cm³/mol. The van der Waals surface area contributed by atoms with Crippen LogP contribution < -0.4 is 5.73 Å². The Kier molecular flexibility index (Phi) is 2.42. The van der Waals surface area contributed by atoms with Gasteiger partial charge in [0.15, 0.2) is 0 Å². The van der Waals surface area contributed by atoms with Gasteiger partial charge in [-0.15, -0.1) is 0 Å². The van der Waals surface area contributed by atoms with E-state index in [0.29, 0.717) is 12.8 Å². The molecule has 1 atom stereocenters. The zero-order valence-corrected chi connectivity index (χ0v) is 8.41. The number of carboxylic acids is 1. The summed E-state index contributed by atoms with van der Waals surface area (Å²) in [7, 11) is 0. The zero-order valence-electron chi connectivity index (χ0n) is 8.41. The minimum atomic E-state index is -1.19. The number of hydrogen-bond donors (Lipinski definition) is 2. The van der Waals surface area contributed by atoms with Crippen molar-refractivity contribution in [3.8, 4) is 0 Å². The van der Waals surface area contributed by atoms with E-state index in [1.54, 1.807) is 0 Å². The Morgan fingerprint density at radius 2 is 2.06 bits per heavy atom. The Labute approximate surface area is 90.9 Å². The van der Waals surface area contributed by atoms with Gasteiger partial charge >= 0.3 is 5.97 Å². The van der Waals surface area contributed by atoms with E-state index < -0.39 is 29.1 Å². The Morgan fingerprint density at radius 3 is 2.56 bits per heavy atom. The molecule has 1 unspecified atom stereocenters. The van der Waals surface area contributed by atoms with Crippen LogP contribution in [0.15, 0.2) is 18.2 Å². The molecule has 0 amide bonds. The van der Waals surface area contributed by atoms with E-state index in [2.05, 4.69) is 0 Å². The fourth-order valence-corrected chi connectivity index (χ4v) is 2.00. The van der Waals surface area contributed by atoms with Crippen LogP contribution in [0, 0.1) is 11.6 Å². The van der Waals surface area contributed by atoms with E-state index >= 15 is 0 Å². The van der Waals surface area contributed by atoms with E-state index in [4.69, 9.17) is 10.8 Å². The molecule has 1 aliphatic rings. The molecule has 3 N–H and O–H groups in total. The molecule has 86 valence electrons. The van der Waals surface area contributed by atoms with E-state index in [9.17, 15) is 13.6 Å². The summed E-state index contributed by atoms with van der Waals surface area (Å²) < 4.78 is 26.5. The summed E-state index contributed by atoms with van der Waals surface area (Å²) in [5.74, 6) is -2.38. The summed E-state index contributed by atoms with van der Waals surface area (Å²) in [6.45, 7) is 0. The molecular formula is C11H11F2NO2.